The largest absolute Gasteiger partial charge is 0.496 e. The predicted molar refractivity (Wildman–Crippen MR) is 101 cm³/mol. The summed E-state index contributed by atoms with van der Waals surface area (Å²) in [7, 11) is 4.67. The van der Waals surface area contributed by atoms with Crippen molar-refractivity contribution >= 4 is 33.9 Å². The van der Waals surface area contributed by atoms with E-state index in [1.165, 1.54) is 7.11 Å². The number of hydrogen-bond donors (Lipinski definition) is 0. The number of aliphatic imine (C=N–C) groups is 1. The molecule has 2 aromatic carbocycles. The van der Waals surface area contributed by atoms with Gasteiger partial charge in [-0.1, -0.05) is 12.1 Å². The van der Waals surface area contributed by atoms with Gasteiger partial charge in [0.2, 0.25) is 5.90 Å². The molecular weight excluding hydrogens is 402 g/mol. The molecule has 1 aliphatic heterocycles. The molecule has 0 bridgehead atoms. The number of ether oxygens (including phenoxy) is 4. The summed E-state index contributed by atoms with van der Waals surface area (Å²) < 4.78 is 21.9. The summed E-state index contributed by atoms with van der Waals surface area (Å²) in [6.45, 7) is 0. The van der Waals surface area contributed by atoms with Crippen LogP contribution in [0, 0.1) is 0 Å². The summed E-state index contributed by atoms with van der Waals surface area (Å²) >= 11 is 3.41. The Kier molecular flexibility index (Phi) is 5.27. The minimum absolute atomic E-state index is 0.179. The number of benzene rings is 2. The molecule has 0 radical (unpaired) electrons. The summed E-state index contributed by atoms with van der Waals surface area (Å²) in [4.78, 5) is 16.5. The van der Waals surface area contributed by atoms with Crippen molar-refractivity contribution in [3.05, 3.63) is 57.7 Å². The van der Waals surface area contributed by atoms with Gasteiger partial charge in [-0.3, -0.25) is 0 Å². The molecule has 0 amide bonds. The quantitative estimate of drug-likeness (QED) is 0.546. The minimum Gasteiger partial charge on any atom is -0.496 e. The minimum atomic E-state index is -0.531. The zero-order chi connectivity index (χ0) is 18.7. The fraction of sp³-hybridized carbons (Fsp3) is 0.158. The van der Waals surface area contributed by atoms with Crippen LogP contribution in [-0.4, -0.2) is 33.2 Å². The van der Waals surface area contributed by atoms with Crippen molar-refractivity contribution in [3.8, 4) is 17.2 Å². The first kappa shape index (κ1) is 18.0. The Morgan fingerprint density at radius 2 is 1.81 bits per heavy atom. The third-order valence-electron chi connectivity index (χ3n) is 3.74. The molecule has 0 aliphatic carbocycles. The number of carbonyl (C=O) groups excluding carboxylic acids is 1. The number of carbonyl (C=O) groups is 1. The van der Waals surface area contributed by atoms with Crippen LogP contribution in [0.4, 0.5) is 0 Å². The van der Waals surface area contributed by atoms with E-state index in [-0.39, 0.29) is 11.6 Å². The second kappa shape index (κ2) is 7.61. The Labute approximate surface area is 159 Å². The van der Waals surface area contributed by atoms with Crippen LogP contribution >= 0.6 is 15.9 Å². The van der Waals surface area contributed by atoms with Crippen molar-refractivity contribution in [2.24, 2.45) is 4.99 Å². The summed E-state index contributed by atoms with van der Waals surface area (Å²) in [6, 6.07) is 10.7. The van der Waals surface area contributed by atoms with Crippen LogP contribution in [0.2, 0.25) is 0 Å². The maximum Gasteiger partial charge on any atom is 0.363 e. The number of esters is 1. The summed E-state index contributed by atoms with van der Waals surface area (Å²) in [6.07, 6.45) is 1.61. The highest BCUT2D eigenvalue weighted by atomic mass is 79.9. The molecule has 0 N–H and O–H groups in total. The van der Waals surface area contributed by atoms with Crippen LogP contribution in [0.25, 0.3) is 6.08 Å². The molecule has 0 saturated heterocycles. The lowest BCUT2D eigenvalue weighted by atomic mass is 10.1. The van der Waals surface area contributed by atoms with Crippen LogP contribution < -0.4 is 14.2 Å². The zero-order valence-electron chi connectivity index (χ0n) is 14.4. The van der Waals surface area contributed by atoms with E-state index >= 15 is 0 Å². The number of cyclic esters (lactones) is 1. The third kappa shape index (κ3) is 3.43. The number of hydrogen-bond acceptors (Lipinski definition) is 6. The highest BCUT2D eigenvalue weighted by Gasteiger charge is 2.25. The van der Waals surface area contributed by atoms with Crippen LogP contribution in [0.3, 0.4) is 0 Å². The topological polar surface area (TPSA) is 66.3 Å². The fourth-order valence-electron chi connectivity index (χ4n) is 2.50. The molecule has 0 spiro atoms. The molecule has 7 heteroatoms. The Morgan fingerprint density at radius 3 is 2.46 bits per heavy atom. The molecule has 3 rings (SSSR count). The number of rotatable bonds is 5. The van der Waals surface area contributed by atoms with Gasteiger partial charge in [0.25, 0.3) is 0 Å². The Bertz CT molecular complexity index is 920. The van der Waals surface area contributed by atoms with E-state index in [1.54, 1.807) is 56.7 Å². The normalized spacial score (nSPS) is 14.8. The number of methoxy groups -OCH3 is 3. The van der Waals surface area contributed by atoms with Crippen molar-refractivity contribution < 1.29 is 23.7 Å². The van der Waals surface area contributed by atoms with Gasteiger partial charge in [-0.2, -0.15) is 0 Å². The molecular formula is C19H16BrNO5. The highest BCUT2D eigenvalue weighted by molar-refractivity contribution is 9.10. The maximum absolute atomic E-state index is 12.2. The number of halogens is 1. The summed E-state index contributed by atoms with van der Waals surface area (Å²) in [5, 5.41) is 0. The van der Waals surface area contributed by atoms with Crippen LogP contribution in [0.15, 0.2) is 51.6 Å². The number of para-hydroxylation sites is 1. The second-order valence-electron chi connectivity index (χ2n) is 5.27. The third-order valence-corrected chi connectivity index (χ3v) is 4.36. The van der Waals surface area contributed by atoms with Gasteiger partial charge in [0.1, 0.15) is 5.75 Å². The first-order chi connectivity index (χ1) is 12.6. The van der Waals surface area contributed by atoms with E-state index in [0.717, 1.165) is 4.47 Å². The van der Waals surface area contributed by atoms with Gasteiger partial charge in [-0.25, -0.2) is 9.79 Å². The smallest absolute Gasteiger partial charge is 0.363 e. The lowest BCUT2D eigenvalue weighted by Gasteiger charge is -2.09. The molecule has 26 heavy (non-hydrogen) atoms. The van der Waals surface area contributed by atoms with Crippen LogP contribution in [-0.2, 0) is 9.53 Å². The molecule has 2 aromatic rings. The highest BCUT2D eigenvalue weighted by Crippen LogP contribution is 2.33. The SMILES string of the molecule is COc1ccc(C2=N/C(=C/c3cccc(OC)c3OC)C(=O)O2)cc1Br. The van der Waals surface area contributed by atoms with Crippen molar-refractivity contribution in [3.63, 3.8) is 0 Å². The van der Waals surface area contributed by atoms with Gasteiger partial charge >= 0.3 is 5.97 Å². The summed E-state index contributed by atoms with van der Waals surface area (Å²) in [5.41, 5.74) is 1.50. The molecule has 134 valence electrons. The van der Waals surface area contributed by atoms with E-state index in [2.05, 4.69) is 20.9 Å². The molecule has 0 atom stereocenters. The first-order valence-corrected chi connectivity index (χ1v) is 8.44. The molecule has 1 heterocycles. The lowest BCUT2D eigenvalue weighted by Crippen LogP contribution is -2.05. The van der Waals surface area contributed by atoms with Crippen molar-refractivity contribution in [2.45, 2.75) is 0 Å². The molecule has 0 fully saturated rings. The van der Waals surface area contributed by atoms with Gasteiger partial charge < -0.3 is 18.9 Å². The van der Waals surface area contributed by atoms with Gasteiger partial charge in [-0.05, 0) is 46.3 Å². The van der Waals surface area contributed by atoms with E-state index in [1.807, 2.05) is 0 Å². The van der Waals surface area contributed by atoms with E-state index in [4.69, 9.17) is 18.9 Å². The predicted octanol–water partition coefficient (Wildman–Crippen LogP) is 3.82. The monoisotopic (exact) mass is 417 g/mol. The van der Waals surface area contributed by atoms with E-state index < -0.39 is 5.97 Å². The van der Waals surface area contributed by atoms with Gasteiger partial charge in [-0.15, -0.1) is 0 Å². The van der Waals surface area contributed by atoms with E-state index in [0.29, 0.717) is 28.4 Å². The van der Waals surface area contributed by atoms with Crippen molar-refractivity contribution in [1.29, 1.82) is 0 Å². The zero-order valence-corrected chi connectivity index (χ0v) is 16.0. The Morgan fingerprint density at radius 1 is 1.04 bits per heavy atom. The van der Waals surface area contributed by atoms with Crippen LogP contribution in [0.1, 0.15) is 11.1 Å². The first-order valence-electron chi connectivity index (χ1n) is 7.65. The van der Waals surface area contributed by atoms with Gasteiger partial charge in [0.05, 0.1) is 25.8 Å². The number of nitrogens with zero attached hydrogens (tertiary/aromatic N) is 1. The molecule has 1 aliphatic rings. The summed E-state index contributed by atoms with van der Waals surface area (Å²) in [5.74, 6) is 1.46. The van der Waals surface area contributed by atoms with Gasteiger partial charge in [0.15, 0.2) is 17.2 Å². The average molecular weight is 418 g/mol. The maximum atomic E-state index is 12.2. The van der Waals surface area contributed by atoms with Gasteiger partial charge in [0, 0.05) is 11.1 Å². The fourth-order valence-corrected chi connectivity index (χ4v) is 3.05. The molecule has 0 unspecified atom stereocenters. The van der Waals surface area contributed by atoms with E-state index in [9.17, 15) is 4.79 Å². The average Bonchev–Trinajstić information content (AvgIpc) is 3.02. The molecule has 6 nitrogen and oxygen atoms in total. The van der Waals surface area contributed by atoms with Crippen molar-refractivity contribution in [1.82, 2.24) is 0 Å². The second-order valence-corrected chi connectivity index (χ2v) is 6.12. The molecule has 0 saturated carbocycles. The van der Waals surface area contributed by atoms with Crippen LogP contribution in [0.5, 0.6) is 17.2 Å². The standard InChI is InChI=1S/C19H16BrNO5/c1-23-15-8-7-12(9-13(15)20)18-21-14(19(22)26-18)10-11-5-4-6-16(24-2)17(11)25-3/h4-10H,1-3H3/b14-10+. The Balaban J connectivity index is 1.98. The lowest BCUT2D eigenvalue weighted by molar-refractivity contribution is -0.129. The van der Waals surface area contributed by atoms with Crippen molar-refractivity contribution in [2.75, 3.05) is 21.3 Å². The Hall–Kier alpha value is -2.80. The molecule has 0 aromatic heterocycles.